The molecule has 0 radical (unpaired) electrons. The number of ether oxygens (including phenoxy) is 1. The summed E-state index contributed by atoms with van der Waals surface area (Å²) in [7, 11) is 0. The van der Waals surface area contributed by atoms with Crippen molar-refractivity contribution in [2.45, 2.75) is 44.1 Å². The van der Waals surface area contributed by atoms with Gasteiger partial charge in [-0.2, -0.15) is 0 Å². The van der Waals surface area contributed by atoms with Gasteiger partial charge in [0.15, 0.2) is 0 Å². The molecule has 1 saturated carbocycles. The van der Waals surface area contributed by atoms with Gasteiger partial charge >= 0.3 is 0 Å². The average molecular weight is 253 g/mol. The largest absolute Gasteiger partial charge is 0.368 e. The van der Waals surface area contributed by atoms with E-state index in [1.165, 1.54) is 37.1 Å². The maximum absolute atomic E-state index is 5.71. The van der Waals surface area contributed by atoms with Crippen LogP contribution in [-0.4, -0.2) is 29.9 Å². The van der Waals surface area contributed by atoms with Gasteiger partial charge in [-0.1, -0.05) is 30.6 Å². The summed E-state index contributed by atoms with van der Waals surface area (Å²) >= 11 is 1.76. The van der Waals surface area contributed by atoms with E-state index in [2.05, 4.69) is 15.5 Å². The molecule has 3 rings (SSSR count). The van der Waals surface area contributed by atoms with Gasteiger partial charge in [-0.25, -0.2) is 0 Å². The van der Waals surface area contributed by atoms with Crippen molar-refractivity contribution in [2.75, 3.05) is 19.7 Å². The fourth-order valence-corrected chi connectivity index (χ4v) is 3.68. The molecule has 1 aromatic heterocycles. The minimum atomic E-state index is 0.124. The predicted octanol–water partition coefficient (Wildman–Crippen LogP) is 2.25. The molecule has 2 aliphatic rings. The lowest BCUT2D eigenvalue weighted by atomic mass is 9.90. The number of nitrogens with one attached hydrogen (secondary N) is 1. The van der Waals surface area contributed by atoms with Crippen LogP contribution in [-0.2, 0) is 4.74 Å². The van der Waals surface area contributed by atoms with Crippen molar-refractivity contribution < 1.29 is 4.74 Å². The Labute approximate surface area is 106 Å². The fraction of sp³-hybridized carbons (Fsp3) is 0.833. The molecule has 1 N–H and O–H groups in total. The van der Waals surface area contributed by atoms with Crippen LogP contribution in [0.5, 0.6) is 0 Å². The van der Waals surface area contributed by atoms with E-state index < -0.39 is 0 Å². The molecule has 2 fully saturated rings. The second-order valence-corrected chi connectivity index (χ2v) is 5.92. The Morgan fingerprint density at radius 3 is 2.71 bits per heavy atom. The minimum absolute atomic E-state index is 0.124. The van der Waals surface area contributed by atoms with Crippen molar-refractivity contribution >= 4 is 11.3 Å². The lowest BCUT2D eigenvalue weighted by molar-refractivity contribution is 0.0271. The summed E-state index contributed by atoms with van der Waals surface area (Å²) in [6, 6.07) is 0. The van der Waals surface area contributed by atoms with E-state index in [-0.39, 0.29) is 6.10 Å². The molecule has 2 heterocycles. The first-order valence-electron chi connectivity index (χ1n) is 6.59. The molecule has 5 heteroatoms. The lowest BCUT2D eigenvalue weighted by Crippen LogP contribution is -2.33. The zero-order chi connectivity index (χ0) is 11.5. The summed E-state index contributed by atoms with van der Waals surface area (Å²) in [5.74, 6) is 0.659. The Bertz CT molecular complexity index is 324. The maximum atomic E-state index is 5.71. The number of hydrogen-bond donors (Lipinski definition) is 1. The van der Waals surface area contributed by atoms with Gasteiger partial charge < -0.3 is 10.1 Å². The van der Waals surface area contributed by atoms with Gasteiger partial charge in [-0.3, -0.25) is 0 Å². The first-order valence-corrected chi connectivity index (χ1v) is 7.41. The van der Waals surface area contributed by atoms with Gasteiger partial charge in [0.1, 0.15) is 16.1 Å². The number of nitrogens with zero attached hydrogens (tertiary/aromatic N) is 2. The van der Waals surface area contributed by atoms with Crippen molar-refractivity contribution in [2.24, 2.45) is 0 Å². The Morgan fingerprint density at radius 2 is 1.94 bits per heavy atom. The smallest absolute Gasteiger partial charge is 0.147 e. The quantitative estimate of drug-likeness (QED) is 0.878. The third-order valence-corrected chi connectivity index (χ3v) is 4.79. The second kappa shape index (κ2) is 5.42. The molecule has 1 aliphatic carbocycles. The topological polar surface area (TPSA) is 47.0 Å². The van der Waals surface area contributed by atoms with E-state index in [1.807, 2.05) is 0 Å². The Kier molecular flexibility index (Phi) is 3.68. The van der Waals surface area contributed by atoms with Crippen molar-refractivity contribution in [3.63, 3.8) is 0 Å². The first-order chi connectivity index (χ1) is 8.43. The minimum Gasteiger partial charge on any atom is -0.368 e. The second-order valence-electron chi connectivity index (χ2n) is 4.88. The van der Waals surface area contributed by atoms with E-state index in [0.29, 0.717) is 5.92 Å². The lowest BCUT2D eigenvalue weighted by Gasteiger charge is -2.21. The van der Waals surface area contributed by atoms with Crippen molar-refractivity contribution in [3.8, 4) is 0 Å². The molecule has 1 saturated heterocycles. The van der Waals surface area contributed by atoms with Crippen molar-refractivity contribution in [1.82, 2.24) is 15.5 Å². The van der Waals surface area contributed by atoms with Crippen LogP contribution in [0.4, 0.5) is 0 Å². The molecule has 1 aromatic rings. The number of aromatic nitrogens is 2. The highest BCUT2D eigenvalue weighted by atomic mass is 32.1. The number of hydrogen-bond acceptors (Lipinski definition) is 5. The van der Waals surface area contributed by atoms with Gasteiger partial charge in [0.05, 0.1) is 6.61 Å². The number of morpholine rings is 1. The average Bonchev–Trinajstić information content (AvgIpc) is 2.90. The van der Waals surface area contributed by atoms with Gasteiger partial charge in [0.2, 0.25) is 0 Å². The molecular weight excluding hydrogens is 234 g/mol. The van der Waals surface area contributed by atoms with E-state index in [4.69, 9.17) is 4.74 Å². The summed E-state index contributed by atoms with van der Waals surface area (Å²) in [5.41, 5.74) is 0. The molecule has 1 aliphatic heterocycles. The molecule has 0 aromatic carbocycles. The number of rotatable bonds is 2. The highest BCUT2D eigenvalue weighted by molar-refractivity contribution is 7.11. The Hall–Kier alpha value is -0.520. The Morgan fingerprint density at radius 1 is 1.12 bits per heavy atom. The highest BCUT2D eigenvalue weighted by Crippen LogP contribution is 2.35. The van der Waals surface area contributed by atoms with E-state index >= 15 is 0 Å². The third kappa shape index (κ3) is 2.67. The molecule has 0 amide bonds. The Balaban J connectivity index is 1.68. The summed E-state index contributed by atoms with van der Waals surface area (Å²) in [5, 5.41) is 14.3. The maximum Gasteiger partial charge on any atom is 0.147 e. The third-order valence-electron chi connectivity index (χ3n) is 3.61. The molecule has 94 valence electrons. The summed E-state index contributed by atoms with van der Waals surface area (Å²) in [4.78, 5) is 0. The summed E-state index contributed by atoms with van der Waals surface area (Å²) < 4.78 is 5.71. The van der Waals surface area contributed by atoms with Crippen LogP contribution in [0.2, 0.25) is 0 Å². The van der Waals surface area contributed by atoms with Gasteiger partial charge in [0, 0.05) is 19.0 Å². The molecule has 17 heavy (non-hydrogen) atoms. The van der Waals surface area contributed by atoms with Crippen LogP contribution >= 0.6 is 11.3 Å². The van der Waals surface area contributed by atoms with Gasteiger partial charge in [0.25, 0.3) is 0 Å². The van der Waals surface area contributed by atoms with E-state index in [9.17, 15) is 0 Å². The molecule has 1 atom stereocenters. The molecule has 0 bridgehead atoms. The van der Waals surface area contributed by atoms with Crippen LogP contribution in [0.15, 0.2) is 0 Å². The van der Waals surface area contributed by atoms with Crippen LogP contribution in [0.1, 0.15) is 54.1 Å². The summed E-state index contributed by atoms with van der Waals surface area (Å²) in [6.45, 7) is 2.60. The van der Waals surface area contributed by atoms with E-state index in [1.54, 1.807) is 11.3 Å². The SMILES string of the molecule is C1CCC(c2nnc([C@@H]3CNCCO3)s2)CC1. The van der Waals surface area contributed by atoms with Crippen LogP contribution in [0.25, 0.3) is 0 Å². The monoisotopic (exact) mass is 253 g/mol. The zero-order valence-corrected chi connectivity index (χ0v) is 10.8. The normalized spacial score (nSPS) is 27.2. The molecule has 4 nitrogen and oxygen atoms in total. The fourth-order valence-electron chi connectivity index (χ4n) is 2.62. The molecular formula is C12H19N3OS. The van der Waals surface area contributed by atoms with Gasteiger partial charge in [-0.15, -0.1) is 10.2 Å². The van der Waals surface area contributed by atoms with Crippen LogP contribution < -0.4 is 5.32 Å². The summed E-state index contributed by atoms with van der Waals surface area (Å²) in [6.07, 6.45) is 6.79. The highest BCUT2D eigenvalue weighted by Gasteiger charge is 2.24. The van der Waals surface area contributed by atoms with E-state index in [0.717, 1.165) is 24.7 Å². The molecule has 0 spiro atoms. The zero-order valence-electron chi connectivity index (χ0n) is 10.0. The predicted molar refractivity (Wildman–Crippen MR) is 67.3 cm³/mol. The van der Waals surface area contributed by atoms with Crippen LogP contribution in [0.3, 0.4) is 0 Å². The molecule has 0 unspecified atom stereocenters. The standard InChI is InChI=1S/C12H19N3OS/c1-2-4-9(5-3-1)11-14-15-12(17-11)10-8-13-6-7-16-10/h9-10,13H,1-8H2/t10-/m0/s1. The van der Waals surface area contributed by atoms with Crippen molar-refractivity contribution in [3.05, 3.63) is 10.0 Å². The first kappa shape index (κ1) is 11.6. The van der Waals surface area contributed by atoms with Crippen LogP contribution in [0, 0.1) is 0 Å². The van der Waals surface area contributed by atoms with Crippen molar-refractivity contribution in [1.29, 1.82) is 0 Å². The van der Waals surface area contributed by atoms with Gasteiger partial charge in [-0.05, 0) is 12.8 Å².